The molecule has 1 atom stereocenters. The Morgan fingerprint density at radius 3 is 3.08 bits per heavy atom. The summed E-state index contributed by atoms with van der Waals surface area (Å²) in [5.41, 5.74) is 3.47. The predicted molar refractivity (Wildman–Crippen MR) is 97.0 cm³/mol. The number of nitrogens with zero attached hydrogens (tertiary/aromatic N) is 4. The van der Waals surface area contributed by atoms with E-state index in [2.05, 4.69) is 14.9 Å². The molecule has 0 unspecified atom stereocenters. The van der Waals surface area contributed by atoms with Crippen molar-refractivity contribution in [2.75, 3.05) is 6.54 Å². The molecule has 3 aromatic rings. The third-order valence-electron chi connectivity index (χ3n) is 5.37. The lowest BCUT2D eigenvalue weighted by atomic mass is 10.0. The first kappa shape index (κ1) is 15.3. The summed E-state index contributed by atoms with van der Waals surface area (Å²) in [6, 6.07) is 1.98. The summed E-state index contributed by atoms with van der Waals surface area (Å²) in [5, 5.41) is 1.90. The standard InChI is InChI=1S/C18H21N5OS/c24-16-10-12(19-18-23(16)8-9-25-18)11-22-7-3-6-15(22)17-20-13-4-1-2-5-14(13)21-17/h8-10,15H,1-7,11H2,(H,20,21)/t15-/m1/s1. The maximum Gasteiger partial charge on any atom is 0.258 e. The molecule has 0 bridgehead atoms. The SMILES string of the molecule is O=c1cc(CN2CCC[C@@H]2c2nc3c([nH]2)CCCC3)nc2sccn12. The van der Waals surface area contributed by atoms with Gasteiger partial charge in [0.05, 0.1) is 17.4 Å². The molecule has 6 nitrogen and oxygen atoms in total. The molecule has 0 radical (unpaired) electrons. The molecular weight excluding hydrogens is 334 g/mol. The van der Waals surface area contributed by atoms with Crippen molar-refractivity contribution in [1.29, 1.82) is 0 Å². The summed E-state index contributed by atoms with van der Waals surface area (Å²) >= 11 is 1.50. The van der Waals surface area contributed by atoms with Crippen molar-refractivity contribution in [1.82, 2.24) is 24.3 Å². The van der Waals surface area contributed by atoms with Crippen LogP contribution in [0.4, 0.5) is 0 Å². The molecule has 1 aliphatic heterocycles. The molecule has 0 saturated carbocycles. The van der Waals surface area contributed by atoms with Crippen LogP contribution in [-0.2, 0) is 19.4 Å². The van der Waals surface area contributed by atoms with Crippen LogP contribution in [0.2, 0.25) is 0 Å². The lowest BCUT2D eigenvalue weighted by molar-refractivity contribution is 0.238. The van der Waals surface area contributed by atoms with E-state index in [0.717, 1.165) is 48.7 Å². The number of aromatic nitrogens is 4. The van der Waals surface area contributed by atoms with E-state index in [-0.39, 0.29) is 5.56 Å². The normalized spacial score (nSPS) is 21.0. The van der Waals surface area contributed by atoms with Gasteiger partial charge in [0.2, 0.25) is 0 Å². The Hall–Kier alpha value is -1.99. The van der Waals surface area contributed by atoms with E-state index in [1.807, 2.05) is 5.38 Å². The highest BCUT2D eigenvalue weighted by molar-refractivity contribution is 7.15. The summed E-state index contributed by atoms with van der Waals surface area (Å²) in [6.07, 6.45) is 8.81. The first-order chi connectivity index (χ1) is 12.3. The zero-order valence-electron chi connectivity index (χ0n) is 14.1. The Morgan fingerprint density at radius 1 is 1.24 bits per heavy atom. The Balaban J connectivity index is 1.42. The van der Waals surface area contributed by atoms with Crippen molar-refractivity contribution < 1.29 is 0 Å². The Bertz CT molecular complexity index is 948. The number of imidazole rings is 1. The van der Waals surface area contributed by atoms with Gasteiger partial charge in [0, 0.05) is 29.9 Å². The second kappa shape index (κ2) is 6.07. The number of hydrogen-bond donors (Lipinski definition) is 1. The molecule has 5 rings (SSSR count). The Labute approximate surface area is 149 Å². The third kappa shape index (κ3) is 2.71. The van der Waals surface area contributed by atoms with Gasteiger partial charge >= 0.3 is 0 Å². The quantitative estimate of drug-likeness (QED) is 0.784. The topological polar surface area (TPSA) is 66.3 Å². The fourth-order valence-electron chi connectivity index (χ4n) is 4.14. The molecule has 7 heteroatoms. The number of hydrogen-bond acceptors (Lipinski definition) is 5. The minimum Gasteiger partial charge on any atom is -0.344 e. The number of aromatic amines is 1. The molecule has 4 heterocycles. The summed E-state index contributed by atoms with van der Waals surface area (Å²) in [7, 11) is 0. The van der Waals surface area contributed by atoms with E-state index in [9.17, 15) is 4.79 Å². The van der Waals surface area contributed by atoms with Crippen LogP contribution in [0.1, 0.15) is 54.6 Å². The average Bonchev–Trinajstić information content (AvgIpc) is 3.33. The molecule has 25 heavy (non-hydrogen) atoms. The highest BCUT2D eigenvalue weighted by Gasteiger charge is 2.30. The second-order valence-electron chi connectivity index (χ2n) is 7.02. The summed E-state index contributed by atoms with van der Waals surface area (Å²) in [6.45, 7) is 1.74. The average molecular weight is 355 g/mol. The minimum absolute atomic E-state index is 0.00506. The highest BCUT2D eigenvalue weighted by Crippen LogP contribution is 2.33. The van der Waals surface area contributed by atoms with E-state index in [1.54, 1.807) is 16.7 Å². The number of thiazole rings is 1. The number of rotatable bonds is 3. The van der Waals surface area contributed by atoms with Crippen molar-refractivity contribution in [3.05, 3.63) is 50.9 Å². The van der Waals surface area contributed by atoms with Crippen molar-refractivity contribution in [2.24, 2.45) is 0 Å². The van der Waals surface area contributed by atoms with Crippen molar-refractivity contribution in [2.45, 2.75) is 51.1 Å². The highest BCUT2D eigenvalue weighted by atomic mass is 32.1. The number of nitrogens with one attached hydrogen (secondary N) is 1. The van der Waals surface area contributed by atoms with Gasteiger partial charge in [-0.05, 0) is 45.1 Å². The molecular formula is C18H21N5OS. The van der Waals surface area contributed by atoms with Gasteiger partial charge in [-0.3, -0.25) is 14.1 Å². The Morgan fingerprint density at radius 2 is 2.16 bits per heavy atom. The Kier molecular flexibility index (Phi) is 3.71. The molecule has 1 aliphatic carbocycles. The van der Waals surface area contributed by atoms with Crippen LogP contribution in [0.3, 0.4) is 0 Å². The van der Waals surface area contributed by atoms with E-state index >= 15 is 0 Å². The maximum absolute atomic E-state index is 12.2. The lowest BCUT2D eigenvalue weighted by Gasteiger charge is -2.22. The zero-order valence-corrected chi connectivity index (χ0v) is 14.9. The fourth-order valence-corrected chi connectivity index (χ4v) is 4.87. The van der Waals surface area contributed by atoms with E-state index in [1.165, 1.54) is 35.6 Å². The molecule has 3 aromatic heterocycles. The van der Waals surface area contributed by atoms with Crippen LogP contribution in [-0.4, -0.2) is 30.8 Å². The van der Waals surface area contributed by atoms with Crippen LogP contribution in [0, 0.1) is 0 Å². The summed E-state index contributed by atoms with van der Waals surface area (Å²) in [4.78, 5) is 28.5. The summed E-state index contributed by atoms with van der Waals surface area (Å²) in [5.74, 6) is 1.11. The first-order valence-corrected chi connectivity index (χ1v) is 9.93. The van der Waals surface area contributed by atoms with Crippen LogP contribution < -0.4 is 5.56 Å². The van der Waals surface area contributed by atoms with E-state index < -0.39 is 0 Å². The molecule has 1 N–H and O–H groups in total. The molecule has 0 amide bonds. The summed E-state index contributed by atoms with van der Waals surface area (Å²) < 4.78 is 1.61. The van der Waals surface area contributed by atoms with Gasteiger partial charge in [-0.25, -0.2) is 9.97 Å². The van der Waals surface area contributed by atoms with Crippen molar-refractivity contribution in [3.8, 4) is 0 Å². The van der Waals surface area contributed by atoms with Gasteiger partial charge in [0.15, 0.2) is 4.96 Å². The smallest absolute Gasteiger partial charge is 0.258 e. The maximum atomic E-state index is 12.2. The van der Waals surface area contributed by atoms with Crippen molar-refractivity contribution in [3.63, 3.8) is 0 Å². The molecule has 130 valence electrons. The van der Waals surface area contributed by atoms with Gasteiger partial charge in [-0.15, -0.1) is 11.3 Å². The number of likely N-dealkylation sites (tertiary alicyclic amines) is 1. The molecule has 1 fully saturated rings. The molecule has 1 saturated heterocycles. The van der Waals surface area contributed by atoms with Gasteiger partial charge < -0.3 is 4.98 Å². The van der Waals surface area contributed by atoms with Crippen LogP contribution >= 0.6 is 11.3 Å². The zero-order chi connectivity index (χ0) is 16.8. The van der Waals surface area contributed by atoms with E-state index in [0.29, 0.717) is 12.6 Å². The van der Waals surface area contributed by atoms with E-state index in [4.69, 9.17) is 4.98 Å². The lowest BCUT2D eigenvalue weighted by Crippen LogP contribution is -2.25. The van der Waals surface area contributed by atoms with Gasteiger partial charge in [0.1, 0.15) is 5.82 Å². The molecule has 0 aromatic carbocycles. The van der Waals surface area contributed by atoms with Gasteiger partial charge in [0.25, 0.3) is 5.56 Å². The van der Waals surface area contributed by atoms with Crippen LogP contribution in [0.15, 0.2) is 22.4 Å². The predicted octanol–water partition coefficient (Wildman–Crippen LogP) is 2.70. The van der Waals surface area contributed by atoms with Crippen LogP contribution in [0.25, 0.3) is 4.96 Å². The minimum atomic E-state index is 0.00506. The third-order valence-corrected chi connectivity index (χ3v) is 6.13. The number of aryl methyl sites for hydroxylation is 2. The number of H-pyrrole nitrogens is 1. The van der Waals surface area contributed by atoms with Gasteiger partial charge in [-0.2, -0.15) is 0 Å². The molecule has 0 spiro atoms. The first-order valence-electron chi connectivity index (χ1n) is 9.05. The van der Waals surface area contributed by atoms with Crippen molar-refractivity contribution >= 4 is 16.3 Å². The molecule has 2 aliphatic rings. The number of fused-ring (bicyclic) bond motifs is 2. The monoisotopic (exact) mass is 355 g/mol. The largest absolute Gasteiger partial charge is 0.344 e. The fraction of sp³-hybridized carbons (Fsp3) is 0.500. The van der Waals surface area contributed by atoms with Crippen LogP contribution in [0.5, 0.6) is 0 Å². The van der Waals surface area contributed by atoms with Gasteiger partial charge in [-0.1, -0.05) is 0 Å². The second-order valence-corrected chi connectivity index (χ2v) is 7.90.